The topological polar surface area (TPSA) is 71.2 Å². The molecule has 2 aromatic rings. The molecule has 0 aliphatic rings. The van der Waals surface area contributed by atoms with E-state index in [0.717, 1.165) is 38.7 Å². The summed E-state index contributed by atoms with van der Waals surface area (Å²) in [5, 5.41) is 14.5. The van der Waals surface area contributed by atoms with Gasteiger partial charge in [-0.1, -0.05) is 19.1 Å². The number of aliphatic hydroxyl groups excluding tert-OH is 1. The highest BCUT2D eigenvalue weighted by atomic mass is 79.9. The van der Waals surface area contributed by atoms with Gasteiger partial charge in [0.05, 0.1) is 12.6 Å². The minimum Gasteiger partial charge on any atom is -0.398 e. The third kappa shape index (κ3) is 2.67. The quantitative estimate of drug-likeness (QED) is 0.756. The van der Waals surface area contributed by atoms with Crippen molar-refractivity contribution in [2.24, 2.45) is 0 Å². The maximum absolute atomic E-state index is 9.29. The van der Waals surface area contributed by atoms with Gasteiger partial charge in [-0.05, 0) is 34.8 Å². The molecule has 1 heterocycles. The van der Waals surface area contributed by atoms with Crippen LogP contribution in [0.15, 0.2) is 22.8 Å². The summed E-state index contributed by atoms with van der Waals surface area (Å²) in [6.07, 6.45) is 2.57. The molecule has 19 heavy (non-hydrogen) atoms. The van der Waals surface area contributed by atoms with Gasteiger partial charge < -0.3 is 16.2 Å². The maximum atomic E-state index is 9.29. The Morgan fingerprint density at radius 3 is 2.84 bits per heavy atom. The van der Waals surface area contributed by atoms with E-state index in [4.69, 9.17) is 5.73 Å². The predicted octanol–water partition coefficient (Wildman–Crippen LogP) is 3.07. The molecule has 0 bridgehead atoms. The number of anilines is 2. The zero-order chi connectivity index (χ0) is 14.0. The van der Waals surface area contributed by atoms with Crippen LogP contribution in [0, 0.1) is 6.92 Å². The molecule has 1 aromatic carbocycles. The molecule has 0 fully saturated rings. The summed E-state index contributed by atoms with van der Waals surface area (Å²) < 4.78 is 0.881. The summed E-state index contributed by atoms with van der Waals surface area (Å²) in [4.78, 5) is 4.39. The normalized spacial score (nSPS) is 12.6. The Labute approximate surface area is 121 Å². The van der Waals surface area contributed by atoms with Gasteiger partial charge in [0.2, 0.25) is 0 Å². The number of halogens is 1. The van der Waals surface area contributed by atoms with Crippen LogP contribution in [-0.4, -0.2) is 22.7 Å². The molecule has 0 radical (unpaired) electrons. The van der Waals surface area contributed by atoms with Gasteiger partial charge in [0.1, 0.15) is 5.82 Å². The standard InChI is InChI=1S/C14H18BrN3O/c1-3-9(7-19)18-14-10-5-4-8(2)13(16)12(10)11(15)6-17-14/h4-6,9,19H,3,7,16H2,1-2H3,(H,17,18). The lowest BCUT2D eigenvalue weighted by atomic mass is 10.1. The van der Waals surface area contributed by atoms with E-state index in [1.165, 1.54) is 0 Å². The number of hydrogen-bond donors (Lipinski definition) is 3. The van der Waals surface area contributed by atoms with Crippen molar-refractivity contribution >= 4 is 38.2 Å². The van der Waals surface area contributed by atoms with E-state index in [9.17, 15) is 5.11 Å². The zero-order valence-electron chi connectivity index (χ0n) is 11.1. The number of hydrogen-bond acceptors (Lipinski definition) is 4. The maximum Gasteiger partial charge on any atom is 0.134 e. The van der Waals surface area contributed by atoms with E-state index in [1.807, 2.05) is 26.0 Å². The van der Waals surface area contributed by atoms with Crippen molar-refractivity contribution in [2.75, 3.05) is 17.7 Å². The monoisotopic (exact) mass is 323 g/mol. The van der Waals surface area contributed by atoms with Crippen LogP contribution in [-0.2, 0) is 0 Å². The van der Waals surface area contributed by atoms with Crippen LogP contribution in [0.4, 0.5) is 11.5 Å². The minimum atomic E-state index is -0.000553. The predicted molar refractivity (Wildman–Crippen MR) is 83.4 cm³/mol. The number of nitrogens with one attached hydrogen (secondary N) is 1. The van der Waals surface area contributed by atoms with Crippen LogP contribution < -0.4 is 11.1 Å². The second-order valence-corrected chi connectivity index (χ2v) is 5.46. The molecule has 1 unspecified atom stereocenters. The van der Waals surface area contributed by atoms with Crippen molar-refractivity contribution in [2.45, 2.75) is 26.3 Å². The molecule has 1 atom stereocenters. The molecule has 0 aliphatic carbocycles. The summed E-state index contributed by atoms with van der Waals surface area (Å²) >= 11 is 3.50. The van der Waals surface area contributed by atoms with Gasteiger partial charge in [-0.3, -0.25) is 0 Å². The average molecular weight is 324 g/mol. The number of nitrogen functional groups attached to an aromatic ring is 1. The molecule has 2 rings (SSSR count). The molecular formula is C14H18BrN3O. The largest absolute Gasteiger partial charge is 0.398 e. The first-order valence-corrected chi connectivity index (χ1v) is 7.08. The highest BCUT2D eigenvalue weighted by molar-refractivity contribution is 9.10. The van der Waals surface area contributed by atoms with Crippen LogP contribution in [0.25, 0.3) is 10.8 Å². The second-order valence-electron chi connectivity index (χ2n) is 4.61. The van der Waals surface area contributed by atoms with Gasteiger partial charge in [0, 0.05) is 27.1 Å². The SMILES string of the molecule is CCC(CO)Nc1ncc(Br)c2c(N)c(C)ccc12. The lowest BCUT2D eigenvalue weighted by Crippen LogP contribution is -2.23. The molecule has 102 valence electrons. The number of nitrogens with zero attached hydrogens (tertiary/aromatic N) is 1. The summed E-state index contributed by atoms with van der Waals surface area (Å²) in [6.45, 7) is 4.09. The highest BCUT2D eigenvalue weighted by Crippen LogP contribution is 2.34. The number of benzene rings is 1. The molecular weight excluding hydrogens is 306 g/mol. The molecule has 0 amide bonds. The summed E-state index contributed by atoms with van der Waals surface area (Å²) in [7, 11) is 0. The first-order chi connectivity index (χ1) is 9.08. The molecule has 5 heteroatoms. The zero-order valence-corrected chi connectivity index (χ0v) is 12.7. The molecule has 1 aromatic heterocycles. The lowest BCUT2D eigenvalue weighted by molar-refractivity contribution is 0.271. The van der Waals surface area contributed by atoms with Crippen LogP contribution in [0.1, 0.15) is 18.9 Å². The lowest BCUT2D eigenvalue weighted by Gasteiger charge is -2.17. The van der Waals surface area contributed by atoms with Crippen molar-refractivity contribution in [3.05, 3.63) is 28.4 Å². The number of aromatic nitrogens is 1. The Bertz CT molecular complexity index is 597. The van der Waals surface area contributed by atoms with Gasteiger partial charge in [-0.15, -0.1) is 0 Å². The summed E-state index contributed by atoms with van der Waals surface area (Å²) in [6, 6.07) is 3.99. The van der Waals surface area contributed by atoms with E-state index in [2.05, 4.69) is 26.2 Å². The fourth-order valence-corrected chi connectivity index (χ4v) is 2.55. The van der Waals surface area contributed by atoms with Gasteiger partial charge in [-0.2, -0.15) is 0 Å². The molecule has 0 spiro atoms. The number of pyridine rings is 1. The Hall–Kier alpha value is -1.33. The van der Waals surface area contributed by atoms with Crippen LogP contribution in [0.3, 0.4) is 0 Å². The smallest absolute Gasteiger partial charge is 0.134 e. The first-order valence-electron chi connectivity index (χ1n) is 6.29. The van der Waals surface area contributed by atoms with Gasteiger partial charge >= 0.3 is 0 Å². The second kappa shape index (κ2) is 5.75. The van der Waals surface area contributed by atoms with Gasteiger partial charge in [0.25, 0.3) is 0 Å². The Balaban J connectivity index is 2.58. The molecule has 4 nitrogen and oxygen atoms in total. The Kier molecular flexibility index (Phi) is 4.27. The van der Waals surface area contributed by atoms with Crippen molar-refractivity contribution in [3.8, 4) is 0 Å². The van der Waals surface area contributed by atoms with Gasteiger partial charge in [-0.25, -0.2) is 4.98 Å². The molecule has 0 aliphatic heterocycles. The van der Waals surface area contributed by atoms with E-state index < -0.39 is 0 Å². The van der Waals surface area contributed by atoms with E-state index in [-0.39, 0.29) is 12.6 Å². The number of rotatable bonds is 4. The molecule has 4 N–H and O–H groups in total. The van der Waals surface area contributed by atoms with E-state index >= 15 is 0 Å². The van der Waals surface area contributed by atoms with Crippen molar-refractivity contribution < 1.29 is 5.11 Å². The van der Waals surface area contributed by atoms with Crippen LogP contribution in [0.2, 0.25) is 0 Å². The minimum absolute atomic E-state index is 0.000553. The Morgan fingerprint density at radius 2 is 2.21 bits per heavy atom. The molecule has 0 saturated heterocycles. The van der Waals surface area contributed by atoms with Crippen LogP contribution >= 0.6 is 15.9 Å². The Morgan fingerprint density at radius 1 is 1.47 bits per heavy atom. The number of aryl methyl sites for hydroxylation is 1. The number of aliphatic hydroxyl groups is 1. The van der Waals surface area contributed by atoms with Crippen molar-refractivity contribution in [1.82, 2.24) is 4.98 Å². The van der Waals surface area contributed by atoms with Gasteiger partial charge in [0.15, 0.2) is 0 Å². The third-order valence-electron chi connectivity index (χ3n) is 3.32. The highest BCUT2D eigenvalue weighted by Gasteiger charge is 2.13. The van der Waals surface area contributed by atoms with E-state index in [1.54, 1.807) is 6.20 Å². The third-order valence-corrected chi connectivity index (χ3v) is 3.92. The van der Waals surface area contributed by atoms with E-state index in [0.29, 0.717) is 0 Å². The van der Waals surface area contributed by atoms with Crippen LogP contribution in [0.5, 0.6) is 0 Å². The fraction of sp³-hybridized carbons (Fsp3) is 0.357. The summed E-state index contributed by atoms with van der Waals surface area (Å²) in [5.41, 5.74) is 7.95. The number of nitrogens with two attached hydrogens (primary N) is 1. The number of fused-ring (bicyclic) bond motifs is 1. The van der Waals surface area contributed by atoms with Crippen molar-refractivity contribution in [1.29, 1.82) is 0 Å². The first kappa shape index (κ1) is 14.1. The molecule has 0 saturated carbocycles. The average Bonchev–Trinajstić information content (AvgIpc) is 2.42. The fourth-order valence-electron chi connectivity index (χ4n) is 2.02. The summed E-state index contributed by atoms with van der Waals surface area (Å²) in [5.74, 6) is 0.755. The van der Waals surface area contributed by atoms with Crippen molar-refractivity contribution in [3.63, 3.8) is 0 Å².